The molecule has 0 saturated heterocycles. The van der Waals surface area contributed by atoms with Gasteiger partial charge in [-0.25, -0.2) is 0 Å². The normalized spacial score (nSPS) is 21.7. The molecule has 0 aliphatic heterocycles. The maximum absolute atomic E-state index is 14.2. The van der Waals surface area contributed by atoms with Gasteiger partial charge < -0.3 is 0 Å². The van der Waals surface area contributed by atoms with Crippen LogP contribution in [0.1, 0.15) is 24.8 Å². The second-order valence-corrected chi connectivity index (χ2v) is 7.64. The van der Waals surface area contributed by atoms with Crippen LogP contribution in [0, 0.1) is 5.82 Å². The minimum atomic E-state index is -0.596. The minimum absolute atomic E-state index is 0.184. The number of carbonyl (C=O) groups is 1. The molecule has 21 heavy (non-hydrogen) atoms. The Labute approximate surface area is 130 Å². The molecule has 0 amide bonds. The van der Waals surface area contributed by atoms with Crippen LogP contribution >= 0.6 is 0 Å². The Morgan fingerprint density at radius 1 is 1.05 bits per heavy atom. The fourth-order valence-electron chi connectivity index (χ4n) is 3.02. The summed E-state index contributed by atoms with van der Waals surface area (Å²) in [4.78, 5) is 12.5. The predicted molar refractivity (Wildman–Crippen MR) is 83.6 cm³/mol. The van der Waals surface area contributed by atoms with Gasteiger partial charge in [-0.3, -0.25) is 0 Å². The van der Waals surface area contributed by atoms with Gasteiger partial charge in [-0.2, -0.15) is 0 Å². The summed E-state index contributed by atoms with van der Waals surface area (Å²) >= 11 is 0.184. The molecule has 0 radical (unpaired) electrons. The molecule has 108 valence electrons. The van der Waals surface area contributed by atoms with Gasteiger partial charge in [0.1, 0.15) is 0 Å². The average molecular weight is 347 g/mol. The third-order valence-corrected chi connectivity index (χ3v) is 6.77. The van der Waals surface area contributed by atoms with Crippen molar-refractivity contribution >= 4 is 25.2 Å². The molecule has 0 spiro atoms. The molecule has 1 aliphatic carbocycles. The summed E-state index contributed by atoms with van der Waals surface area (Å²) in [5.41, 5.74) is 0.00609. The number of hydrogen-bond donors (Lipinski definition) is 0. The van der Waals surface area contributed by atoms with Gasteiger partial charge in [0, 0.05) is 0 Å². The summed E-state index contributed by atoms with van der Waals surface area (Å²) in [5.74, 6) is -0.0259. The first-order valence-electron chi connectivity index (χ1n) is 7.18. The van der Waals surface area contributed by atoms with E-state index >= 15 is 0 Å². The van der Waals surface area contributed by atoms with Crippen molar-refractivity contribution in [2.24, 2.45) is 0 Å². The zero-order chi connectivity index (χ0) is 14.7. The Bertz CT molecular complexity index is 641. The maximum atomic E-state index is 14.2. The summed E-state index contributed by atoms with van der Waals surface area (Å²) in [6, 6.07) is 17.0. The molecule has 1 atom stereocenters. The Hall–Kier alpha value is -1.44. The number of halogens is 1. The molecule has 1 fully saturated rings. The molecule has 3 rings (SSSR count). The fraction of sp³-hybridized carbons (Fsp3) is 0.278. The predicted octanol–water partition coefficient (Wildman–Crippen LogP) is 3.26. The van der Waals surface area contributed by atoms with E-state index in [1.807, 2.05) is 24.3 Å². The first kappa shape index (κ1) is 14.5. The molecular formula is C18H17FOSe. The summed E-state index contributed by atoms with van der Waals surface area (Å²) in [6.45, 7) is 0. The van der Waals surface area contributed by atoms with E-state index in [1.165, 1.54) is 10.5 Å². The van der Waals surface area contributed by atoms with E-state index in [9.17, 15) is 9.18 Å². The van der Waals surface area contributed by atoms with Gasteiger partial charge in [-0.15, -0.1) is 0 Å². The third kappa shape index (κ3) is 2.81. The monoisotopic (exact) mass is 348 g/mol. The van der Waals surface area contributed by atoms with E-state index in [4.69, 9.17) is 0 Å². The van der Waals surface area contributed by atoms with E-state index in [0.717, 1.165) is 18.2 Å². The number of carbonyl (C=O) groups excluding carboxylic acids is 1. The number of Topliss-reactive ketones (excluding diaryl/α,β-unsaturated/α-hetero) is 1. The number of hydrogen-bond acceptors (Lipinski definition) is 1. The molecule has 2 aromatic rings. The second-order valence-electron chi connectivity index (χ2n) is 5.44. The molecule has 1 unspecified atom stereocenters. The molecule has 1 saturated carbocycles. The topological polar surface area (TPSA) is 17.1 Å². The van der Waals surface area contributed by atoms with E-state index < -0.39 is 5.41 Å². The van der Waals surface area contributed by atoms with Crippen molar-refractivity contribution in [3.63, 3.8) is 0 Å². The molecular weight excluding hydrogens is 330 g/mol. The Morgan fingerprint density at radius 3 is 2.43 bits per heavy atom. The van der Waals surface area contributed by atoms with Crippen LogP contribution in [0.2, 0.25) is 5.32 Å². The second kappa shape index (κ2) is 6.13. The number of ketones is 1. The van der Waals surface area contributed by atoms with Crippen LogP contribution < -0.4 is 4.46 Å². The first-order chi connectivity index (χ1) is 10.2. The number of rotatable bonds is 4. The molecule has 0 heterocycles. The van der Waals surface area contributed by atoms with Crippen LogP contribution in [0.4, 0.5) is 4.39 Å². The summed E-state index contributed by atoms with van der Waals surface area (Å²) in [7, 11) is 0. The standard InChI is InChI=1S/C18H17FOSe/c19-16-10-5-4-9-15(16)18(12-6-11-17(18)20)13-21-14-7-2-1-3-8-14/h1-5,7-10H,6,11-13H2. The molecule has 1 nitrogen and oxygen atoms in total. The van der Waals surface area contributed by atoms with Crippen LogP contribution in [-0.4, -0.2) is 20.7 Å². The van der Waals surface area contributed by atoms with Crippen LogP contribution in [0.5, 0.6) is 0 Å². The van der Waals surface area contributed by atoms with Gasteiger partial charge in [-0.05, 0) is 0 Å². The van der Waals surface area contributed by atoms with E-state index in [1.54, 1.807) is 12.1 Å². The van der Waals surface area contributed by atoms with Crippen molar-refractivity contribution < 1.29 is 9.18 Å². The van der Waals surface area contributed by atoms with Crippen molar-refractivity contribution in [2.75, 3.05) is 0 Å². The summed E-state index contributed by atoms with van der Waals surface area (Å²) < 4.78 is 15.5. The van der Waals surface area contributed by atoms with Crippen molar-refractivity contribution in [2.45, 2.75) is 30.0 Å². The molecule has 1 aliphatic rings. The molecule has 0 bridgehead atoms. The van der Waals surface area contributed by atoms with E-state index in [2.05, 4.69) is 12.1 Å². The van der Waals surface area contributed by atoms with Gasteiger partial charge in [0.25, 0.3) is 0 Å². The van der Waals surface area contributed by atoms with Gasteiger partial charge >= 0.3 is 130 Å². The van der Waals surface area contributed by atoms with E-state index in [0.29, 0.717) is 12.0 Å². The van der Waals surface area contributed by atoms with Crippen LogP contribution in [0.3, 0.4) is 0 Å². The van der Waals surface area contributed by atoms with Crippen molar-refractivity contribution in [1.82, 2.24) is 0 Å². The van der Waals surface area contributed by atoms with Crippen LogP contribution in [0.15, 0.2) is 54.6 Å². The molecule has 0 aromatic heterocycles. The van der Waals surface area contributed by atoms with Crippen LogP contribution in [0.25, 0.3) is 0 Å². The van der Waals surface area contributed by atoms with Crippen molar-refractivity contribution in [3.05, 3.63) is 66.0 Å². The first-order valence-corrected chi connectivity index (χ1v) is 9.25. The molecule has 3 heteroatoms. The molecule has 0 N–H and O–H groups in total. The van der Waals surface area contributed by atoms with Crippen LogP contribution in [-0.2, 0) is 10.2 Å². The van der Waals surface area contributed by atoms with E-state index in [-0.39, 0.29) is 26.6 Å². The zero-order valence-electron chi connectivity index (χ0n) is 11.7. The Balaban J connectivity index is 1.92. The van der Waals surface area contributed by atoms with Gasteiger partial charge in [0.15, 0.2) is 0 Å². The quantitative estimate of drug-likeness (QED) is 0.776. The summed E-state index contributed by atoms with van der Waals surface area (Å²) in [6.07, 6.45) is 2.23. The average Bonchev–Trinajstić information content (AvgIpc) is 2.89. The zero-order valence-corrected chi connectivity index (χ0v) is 13.4. The van der Waals surface area contributed by atoms with Crippen molar-refractivity contribution in [3.8, 4) is 0 Å². The fourth-order valence-corrected chi connectivity index (χ4v) is 5.58. The van der Waals surface area contributed by atoms with Gasteiger partial charge in [0.05, 0.1) is 0 Å². The van der Waals surface area contributed by atoms with Gasteiger partial charge in [0.2, 0.25) is 0 Å². The third-order valence-electron chi connectivity index (χ3n) is 4.16. The number of benzene rings is 2. The SMILES string of the molecule is O=C1CCCC1(C[Se]c1ccccc1)c1ccccc1F. The molecule has 2 aromatic carbocycles. The van der Waals surface area contributed by atoms with Crippen molar-refractivity contribution in [1.29, 1.82) is 0 Å². The van der Waals surface area contributed by atoms with Gasteiger partial charge in [-0.1, -0.05) is 0 Å². The Morgan fingerprint density at radius 2 is 1.76 bits per heavy atom. The summed E-state index contributed by atoms with van der Waals surface area (Å²) in [5, 5.41) is 0.754. The Kier molecular flexibility index (Phi) is 4.23.